The third kappa shape index (κ3) is 2.70. The Labute approximate surface area is 122 Å². The molecule has 0 fully saturated rings. The molecule has 0 amide bonds. The van der Waals surface area contributed by atoms with Crippen LogP contribution in [0.1, 0.15) is 0 Å². The molecule has 1 aliphatic heterocycles. The molecule has 0 unspecified atom stereocenters. The van der Waals surface area contributed by atoms with Gasteiger partial charge in [0.2, 0.25) is 6.79 Å². The first-order valence-electron chi connectivity index (χ1n) is 6.15. The molecular weight excluding hydrogens is 294 g/mol. The van der Waals surface area contributed by atoms with Crippen molar-refractivity contribution >= 4 is 21.5 Å². The number of nitrogens with zero attached hydrogens (tertiary/aromatic N) is 1. The van der Waals surface area contributed by atoms with Crippen LogP contribution in [0.5, 0.6) is 11.5 Å². The van der Waals surface area contributed by atoms with Gasteiger partial charge in [0.1, 0.15) is 10.7 Å². The summed E-state index contributed by atoms with van der Waals surface area (Å²) in [6, 6.07) is 7.92. The highest BCUT2D eigenvalue weighted by Gasteiger charge is 2.18. The molecule has 0 radical (unpaired) electrons. The Morgan fingerprint density at radius 1 is 1.14 bits per heavy atom. The van der Waals surface area contributed by atoms with Gasteiger partial charge in [0, 0.05) is 19.3 Å². The maximum absolute atomic E-state index is 12.3. The van der Waals surface area contributed by atoms with Gasteiger partial charge in [-0.1, -0.05) is 0 Å². The third-order valence-corrected chi connectivity index (χ3v) is 4.29. The van der Waals surface area contributed by atoms with Crippen LogP contribution < -0.4 is 19.5 Å². The maximum Gasteiger partial charge on any atom is 0.263 e. The fourth-order valence-electron chi connectivity index (χ4n) is 1.86. The smallest absolute Gasteiger partial charge is 0.263 e. The molecule has 2 heterocycles. The van der Waals surface area contributed by atoms with Gasteiger partial charge in [-0.2, -0.15) is 0 Å². The number of hydrogen-bond donors (Lipinski definition) is 2. The topological polar surface area (TPSA) is 89.6 Å². The Bertz CT molecular complexity index is 759. The first-order chi connectivity index (χ1) is 10.1. The lowest BCUT2D eigenvalue weighted by Gasteiger charge is -2.09. The van der Waals surface area contributed by atoms with Crippen molar-refractivity contribution in [3.63, 3.8) is 0 Å². The van der Waals surface area contributed by atoms with E-state index in [0.717, 1.165) is 0 Å². The summed E-state index contributed by atoms with van der Waals surface area (Å²) in [5.41, 5.74) is 0.400. The minimum atomic E-state index is -3.69. The van der Waals surface area contributed by atoms with Gasteiger partial charge in [-0.25, -0.2) is 13.4 Å². The second-order valence-electron chi connectivity index (χ2n) is 4.30. The molecule has 3 rings (SSSR count). The monoisotopic (exact) mass is 307 g/mol. The van der Waals surface area contributed by atoms with Crippen LogP contribution in [-0.2, 0) is 10.0 Å². The van der Waals surface area contributed by atoms with E-state index in [4.69, 9.17) is 9.47 Å². The quantitative estimate of drug-likeness (QED) is 0.893. The molecule has 0 bridgehead atoms. The highest BCUT2D eigenvalue weighted by molar-refractivity contribution is 7.92. The van der Waals surface area contributed by atoms with E-state index >= 15 is 0 Å². The van der Waals surface area contributed by atoms with E-state index in [9.17, 15) is 8.42 Å². The lowest BCUT2D eigenvalue weighted by Crippen LogP contribution is -2.13. The van der Waals surface area contributed by atoms with Crippen LogP contribution in [-0.4, -0.2) is 27.2 Å². The molecule has 110 valence electrons. The normalized spacial score (nSPS) is 13.0. The van der Waals surface area contributed by atoms with Gasteiger partial charge < -0.3 is 14.8 Å². The van der Waals surface area contributed by atoms with Crippen molar-refractivity contribution in [1.29, 1.82) is 0 Å². The summed E-state index contributed by atoms with van der Waals surface area (Å²) in [5, 5.41) is 2.83. The number of hydrogen-bond acceptors (Lipinski definition) is 6. The van der Waals surface area contributed by atoms with E-state index in [2.05, 4.69) is 15.0 Å². The van der Waals surface area contributed by atoms with Gasteiger partial charge in [0.25, 0.3) is 10.0 Å². The SMILES string of the molecule is CNc1ccc(S(=O)(=O)Nc2ccc3c(c2)OCO3)cn1. The Kier molecular flexibility index (Phi) is 3.30. The summed E-state index contributed by atoms with van der Waals surface area (Å²) in [6.45, 7) is 0.140. The number of ether oxygens (including phenoxy) is 2. The van der Waals surface area contributed by atoms with Crippen LogP contribution in [0.15, 0.2) is 41.4 Å². The predicted molar refractivity (Wildman–Crippen MR) is 77.2 cm³/mol. The van der Waals surface area contributed by atoms with Crippen LogP contribution in [0.3, 0.4) is 0 Å². The highest BCUT2D eigenvalue weighted by atomic mass is 32.2. The minimum Gasteiger partial charge on any atom is -0.454 e. The fraction of sp³-hybridized carbons (Fsp3) is 0.154. The van der Waals surface area contributed by atoms with Crippen molar-refractivity contribution in [1.82, 2.24) is 4.98 Å². The zero-order chi connectivity index (χ0) is 14.9. The molecule has 0 saturated carbocycles. The number of pyridine rings is 1. The van der Waals surface area contributed by atoms with Gasteiger partial charge >= 0.3 is 0 Å². The molecule has 0 spiro atoms. The number of aromatic nitrogens is 1. The number of sulfonamides is 1. The van der Waals surface area contributed by atoms with Gasteiger partial charge in [0.05, 0.1) is 5.69 Å². The van der Waals surface area contributed by atoms with E-state index in [1.165, 1.54) is 12.3 Å². The number of benzene rings is 1. The van der Waals surface area contributed by atoms with Crippen LogP contribution >= 0.6 is 0 Å². The van der Waals surface area contributed by atoms with Crippen molar-refractivity contribution in [2.24, 2.45) is 0 Å². The van der Waals surface area contributed by atoms with Crippen molar-refractivity contribution in [2.45, 2.75) is 4.90 Å². The molecule has 0 aliphatic carbocycles. The van der Waals surface area contributed by atoms with Gasteiger partial charge in [-0.3, -0.25) is 4.72 Å². The molecular formula is C13H13N3O4S. The average Bonchev–Trinajstić information content (AvgIpc) is 2.94. The largest absolute Gasteiger partial charge is 0.454 e. The molecule has 1 aromatic carbocycles. The summed E-state index contributed by atoms with van der Waals surface area (Å²) in [6.07, 6.45) is 1.29. The first kappa shape index (κ1) is 13.5. The number of rotatable bonds is 4. The molecule has 21 heavy (non-hydrogen) atoms. The highest BCUT2D eigenvalue weighted by Crippen LogP contribution is 2.34. The first-order valence-corrected chi connectivity index (χ1v) is 7.63. The Balaban J connectivity index is 1.85. The molecule has 2 aromatic rings. The summed E-state index contributed by atoms with van der Waals surface area (Å²) in [4.78, 5) is 4.07. The number of nitrogens with one attached hydrogen (secondary N) is 2. The maximum atomic E-state index is 12.3. The van der Waals surface area contributed by atoms with Gasteiger partial charge in [-0.15, -0.1) is 0 Å². The van der Waals surface area contributed by atoms with Crippen LogP contribution in [0.2, 0.25) is 0 Å². The summed E-state index contributed by atoms with van der Waals surface area (Å²) < 4.78 is 37.4. The fourth-order valence-corrected chi connectivity index (χ4v) is 2.86. The Hall–Kier alpha value is -2.48. The molecule has 8 heteroatoms. The predicted octanol–water partition coefficient (Wildman–Crippen LogP) is 1.65. The van der Waals surface area contributed by atoms with Gasteiger partial charge in [-0.05, 0) is 24.3 Å². The zero-order valence-electron chi connectivity index (χ0n) is 11.2. The lowest BCUT2D eigenvalue weighted by molar-refractivity contribution is 0.174. The van der Waals surface area contributed by atoms with Crippen molar-refractivity contribution in [3.05, 3.63) is 36.5 Å². The van der Waals surface area contributed by atoms with E-state index in [-0.39, 0.29) is 11.7 Å². The van der Waals surface area contributed by atoms with Crippen LogP contribution in [0.4, 0.5) is 11.5 Å². The molecule has 0 atom stereocenters. The van der Waals surface area contributed by atoms with E-state index < -0.39 is 10.0 Å². The lowest BCUT2D eigenvalue weighted by atomic mass is 10.3. The summed E-state index contributed by atoms with van der Waals surface area (Å²) >= 11 is 0. The molecule has 1 aliphatic rings. The van der Waals surface area contributed by atoms with Crippen molar-refractivity contribution in [2.75, 3.05) is 23.9 Å². The molecule has 2 N–H and O–H groups in total. The Morgan fingerprint density at radius 3 is 2.67 bits per heavy atom. The van der Waals surface area contributed by atoms with E-state index in [1.807, 2.05) is 0 Å². The minimum absolute atomic E-state index is 0.0826. The second-order valence-corrected chi connectivity index (χ2v) is 5.99. The van der Waals surface area contributed by atoms with E-state index in [1.54, 1.807) is 31.3 Å². The zero-order valence-corrected chi connectivity index (χ0v) is 12.0. The average molecular weight is 307 g/mol. The third-order valence-electron chi connectivity index (χ3n) is 2.93. The van der Waals surface area contributed by atoms with Crippen molar-refractivity contribution < 1.29 is 17.9 Å². The number of anilines is 2. The van der Waals surface area contributed by atoms with Crippen LogP contribution in [0, 0.1) is 0 Å². The van der Waals surface area contributed by atoms with Crippen LogP contribution in [0.25, 0.3) is 0 Å². The molecule has 0 saturated heterocycles. The summed E-state index contributed by atoms with van der Waals surface area (Å²) in [5.74, 6) is 1.70. The molecule has 7 nitrogen and oxygen atoms in total. The Morgan fingerprint density at radius 2 is 1.95 bits per heavy atom. The summed E-state index contributed by atoms with van der Waals surface area (Å²) in [7, 11) is -1.98. The second kappa shape index (κ2) is 5.13. The number of fused-ring (bicyclic) bond motifs is 1. The standard InChI is InChI=1S/C13H13N3O4S/c1-14-13-5-3-10(7-15-13)21(17,18)16-9-2-4-11-12(6-9)20-8-19-11/h2-7,16H,8H2,1H3,(H,14,15). The van der Waals surface area contributed by atoms with Crippen molar-refractivity contribution in [3.8, 4) is 11.5 Å². The van der Waals surface area contributed by atoms with Gasteiger partial charge in [0.15, 0.2) is 11.5 Å². The molecule has 1 aromatic heterocycles. The van der Waals surface area contributed by atoms with E-state index in [0.29, 0.717) is 23.0 Å².